The number of hydrogen-bond donors (Lipinski definition) is 2. The number of amides is 1. The van der Waals surface area contributed by atoms with E-state index in [9.17, 15) is 4.79 Å². The van der Waals surface area contributed by atoms with Gasteiger partial charge in [-0.1, -0.05) is 37.3 Å². The third-order valence-corrected chi connectivity index (χ3v) is 4.01. The Morgan fingerprint density at radius 2 is 1.95 bits per heavy atom. The van der Waals surface area contributed by atoms with Crippen LogP contribution in [-0.2, 0) is 4.79 Å². The molecule has 1 aliphatic heterocycles. The molecule has 1 fully saturated rings. The molecule has 1 aromatic rings. The average Bonchev–Trinajstić information content (AvgIpc) is 3.01. The lowest BCUT2D eigenvalue weighted by atomic mass is 10.1. The second-order valence-electron chi connectivity index (χ2n) is 5.43. The number of nitrogens with two attached hydrogens (primary N) is 1. The summed E-state index contributed by atoms with van der Waals surface area (Å²) in [6, 6.07) is 10.3. The summed E-state index contributed by atoms with van der Waals surface area (Å²) in [6.07, 6.45) is 3.16. The predicted octanol–water partition coefficient (Wildman–Crippen LogP) is 1.68. The van der Waals surface area contributed by atoms with Gasteiger partial charge in [-0.3, -0.25) is 9.69 Å². The summed E-state index contributed by atoms with van der Waals surface area (Å²) in [6.45, 7) is 4.78. The summed E-state index contributed by atoms with van der Waals surface area (Å²) >= 11 is 0. The summed E-state index contributed by atoms with van der Waals surface area (Å²) < 4.78 is 0. The highest BCUT2D eigenvalue weighted by atomic mass is 16.2. The molecule has 0 bridgehead atoms. The van der Waals surface area contributed by atoms with Crippen molar-refractivity contribution in [2.45, 2.75) is 38.3 Å². The zero-order valence-corrected chi connectivity index (χ0v) is 12.2. The summed E-state index contributed by atoms with van der Waals surface area (Å²) in [4.78, 5) is 14.3. The maximum atomic E-state index is 11.9. The molecule has 4 nitrogen and oxygen atoms in total. The first-order chi connectivity index (χ1) is 9.72. The number of likely N-dealkylation sites (tertiary alicyclic amines) is 1. The Bertz CT molecular complexity index is 415. The van der Waals surface area contributed by atoms with Gasteiger partial charge in [0.05, 0.1) is 12.1 Å². The second kappa shape index (κ2) is 7.41. The lowest BCUT2D eigenvalue weighted by molar-refractivity contribution is -0.122. The van der Waals surface area contributed by atoms with E-state index in [2.05, 4.69) is 34.5 Å². The first-order valence-corrected chi connectivity index (χ1v) is 7.54. The molecular formula is C16H25N3O. The molecule has 1 aliphatic rings. The van der Waals surface area contributed by atoms with Crippen LogP contribution in [0, 0.1) is 0 Å². The van der Waals surface area contributed by atoms with Gasteiger partial charge in [0.25, 0.3) is 0 Å². The first kappa shape index (κ1) is 15.0. The quantitative estimate of drug-likeness (QED) is 0.830. The molecule has 1 amide bonds. The largest absolute Gasteiger partial charge is 0.353 e. The van der Waals surface area contributed by atoms with Crippen LogP contribution in [0.1, 0.15) is 37.8 Å². The van der Waals surface area contributed by atoms with Crippen LogP contribution in [-0.4, -0.2) is 36.5 Å². The van der Waals surface area contributed by atoms with Crippen molar-refractivity contribution in [3.8, 4) is 0 Å². The molecule has 0 spiro atoms. The molecule has 1 aromatic carbocycles. The molecule has 20 heavy (non-hydrogen) atoms. The fourth-order valence-electron chi connectivity index (χ4n) is 2.70. The van der Waals surface area contributed by atoms with Crippen LogP contribution in [0.25, 0.3) is 0 Å². The molecule has 1 saturated heterocycles. The van der Waals surface area contributed by atoms with Crippen LogP contribution in [0.3, 0.4) is 0 Å². The Labute approximate surface area is 121 Å². The van der Waals surface area contributed by atoms with E-state index in [1.807, 2.05) is 13.0 Å². The number of benzene rings is 1. The molecule has 2 atom stereocenters. The zero-order valence-electron chi connectivity index (χ0n) is 12.2. The fraction of sp³-hybridized carbons (Fsp3) is 0.562. The van der Waals surface area contributed by atoms with Crippen LogP contribution >= 0.6 is 0 Å². The van der Waals surface area contributed by atoms with E-state index in [4.69, 9.17) is 5.73 Å². The van der Waals surface area contributed by atoms with Crippen molar-refractivity contribution >= 4 is 5.91 Å². The van der Waals surface area contributed by atoms with Gasteiger partial charge in [0.1, 0.15) is 0 Å². The Balaban J connectivity index is 2.02. The first-order valence-electron chi connectivity index (χ1n) is 7.54. The van der Waals surface area contributed by atoms with E-state index < -0.39 is 6.04 Å². The molecule has 1 unspecified atom stereocenters. The highest BCUT2D eigenvalue weighted by Gasteiger charge is 2.24. The van der Waals surface area contributed by atoms with Crippen molar-refractivity contribution in [2.24, 2.45) is 5.73 Å². The predicted molar refractivity (Wildman–Crippen MR) is 81.3 cm³/mol. The topological polar surface area (TPSA) is 58.4 Å². The lowest BCUT2D eigenvalue weighted by Crippen LogP contribution is -2.44. The molecule has 4 heteroatoms. The van der Waals surface area contributed by atoms with Gasteiger partial charge in [0.15, 0.2) is 0 Å². The van der Waals surface area contributed by atoms with Crippen LogP contribution in [0.15, 0.2) is 30.3 Å². The second-order valence-corrected chi connectivity index (χ2v) is 5.43. The average molecular weight is 275 g/mol. The van der Waals surface area contributed by atoms with Crippen molar-refractivity contribution in [2.75, 3.05) is 19.6 Å². The van der Waals surface area contributed by atoms with Crippen LogP contribution in [0.5, 0.6) is 0 Å². The Hall–Kier alpha value is -1.39. The highest BCUT2D eigenvalue weighted by molar-refractivity contribution is 5.81. The Morgan fingerprint density at radius 1 is 1.30 bits per heavy atom. The maximum absolute atomic E-state index is 11.9. The smallest absolute Gasteiger partial charge is 0.236 e. The Kier molecular flexibility index (Phi) is 5.56. The van der Waals surface area contributed by atoms with Crippen molar-refractivity contribution in [1.29, 1.82) is 0 Å². The van der Waals surface area contributed by atoms with Crippen LogP contribution in [0.4, 0.5) is 0 Å². The van der Waals surface area contributed by atoms with E-state index in [-0.39, 0.29) is 11.9 Å². The minimum Gasteiger partial charge on any atom is -0.353 e. The number of nitrogens with one attached hydrogen (secondary N) is 1. The Morgan fingerprint density at radius 3 is 2.55 bits per heavy atom. The van der Waals surface area contributed by atoms with E-state index in [0.717, 1.165) is 13.1 Å². The monoisotopic (exact) mass is 275 g/mol. The van der Waals surface area contributed by atoms with Crippen molar-refractivity contribution < 1.29 is 4.79 Å². The summed E-state index contributed by atoms with van der Waals surface area (Å²) in [5, 5.41) is 3.00. The highest BCUT2D eigenvalue weighted by Crippen LogP contribution is 2.24. The van der Waals surface area contributed by atoms with E-state index in [0.29, 0.717) is 13.0 Å². The van der Waals surface area contributed by atoms with Crippen LogP contribution < -0.4 is 11.1 Å². The molecular weight excluding hydrogens is 250 g/mol. The normalized spacial score (nSPS) is 18.7. The van der Waals surface area contributed by atoms with Crippen LogP contribution in [0.2, 0.25) is 0 Å². The number of carbonyl (C=O) groups excluding carboxylic acids is 1. The van der Waals surface area contributed by atoms with Gasteiger partial charge in [0.2, 0.25) is 5.91 Å². The molecule has 0 aliphatic carbocycles. The van der Waals surface area contributed by atoms with Crippen molar-refractivity contribution in [3.63, 3.8) is 0 Å². The standard InChI is InChI=1S/C16H25N3O/c1-2-14(17)16(20)18-12-15(19-10-6-7-11-19)13-8-4-3-5-9-13/h3-5,8-9,14-15H,2,6-7,10-12,17H2,1H3,(H,18,20)/t14-,15?/m0/s1. The molecule has 110 valence electrons. The molecule has 0 radical (unpaired) electrons. The van der Waals surface area contributed by atoms with E-state index in [1.165, 1.54) is 18.4 Å². The molecule has 1 heterocycles. The molecule has 0 aromatic heterocycles. The minimum atomic E-state index is -0.398. The van der Waals surface area contributed by atoms with Gasteiger partial charge in [-0.25, -0.2) is 0 Å². The zero-order chi connectivity index (χ0) is 14.4. The fourth-order valence-corrected chi connectivity index (χ4v) is 2.70. The molecule has 2 rings (SSSR count). The minimum absolute atomic E-state index is 0.0485. The SMILES string of the molecule is CC[C@H](N)C(=O)NCC(c1ccccc1)N1CCCC1. The van der Waals surface area contributed by atoms with Gasteiger partial charge in [-0.15, -0.1) is 0 Å². The summed E-state index contributed by atoms with van der Waals surface area (Å²) in [5.74, 6) is -0.0485. The maximum Gasteiger partial charge on any atom is 0.236 e. The van der Waals surface area contributed by atoms with Gasteiger partial charge >= 0.3 is 0 Å². The van der Waals surface area contributed by atoms with Crippen molar-refractivity contribution in [1.82, 2.24) is 10.2 Å². The van der Waals surface area contributed by atoms with Crippen molar-refractivity contribution in [3.05, 3.63) is 35.9 Å². The van der Waals surface area contributed by atoms with Gasteiger partial charge in [0, 0.05) is 6.54 Å². The van der Waals surface area contributed by atoms with Gasteiger partial charge < -0.3 is 11.1 Å². The van der Waals surface area contributed by atoms with E-state index >= 15 is 0 Å². The molecule has 3 N–H and O–H groups in total. The number of rotatable bonds is 6. The third kappa shape index (κ3) is 3.81. The summed E-state index contributed by atoms with van der Waals surface area (Å²) in [5.41, 5.74) is 7.03. The van der Waals surface area contributed by atoms with Gasteiger partial charge in [-0.2, -0.15) is 0 Å². The number of nitrogens with zero attached hydrogens (tertiary/aromatic N) is 1. The number of hydrogen-bond acceptors (Lipinski definition) is 3. The summed E-state index contributed by atoms with van der Waals surface area (Å²) in [7, 11) is 0. The lowest BCUT2D eigenvalue weighted by Gasteiger charge is -2.28. The number of carbonyl (C=O) groups is 1. The third-order valence-electron chi connectivity index (χ3n) is 4.01. The molecule has 0 saturated carbocycles. The van der Waals surface area contributed by atoms with E-state index in [1.54, 1.807) is 0 Å². The van der Waals surface area contributed by atoms with Gasteiger partial charge in [-0.05, 0) is 37.9 Å².